The predicted molar refractivity (Wildman–Crippen MR) is 61.5 cm³/mol. The Bertz CT molecular complexity index is 211. The number of nitrogens with one attached hydrogen (secondary N) is 1. The van der Waals surface area contributed by atoms with Crippen LogP contribution in [0.2, 0.25) is 0 Å². The lowest BCUT2D eigenvalue weighted by Crippen LogP contribution is -2.16. The summed E-state index contributed by atoms with van der Waals surface area (Å²) in [4.78, 5) is 4.31. The summed E-state index contributed by atoms with van der Waals surface area (Å²) in [6, 6.07) is 0.444. The van der Waals surface area contributed by atoms with Crippen LogP contribution in [-0.2, 0) is 0 Å². The third kappa shape index (κ3) is 3.67. The second kappa shape index (κ2) is 6.40. The van der Waals surface area contributed by atoms with Gasteiger partial charge in [0.15, 0.2) is 0 Å². The van der Waals surface area contributed by atoms with E-state index >= 15 is 0 Å². The molecule has 4 heteroatoms. The molecule has 1 aromatic heterocycles. The minimum absolute atomic E-state index is 0.444. The number of rotatable bonds is 6. The van der Waals surface area contributed by atoms with Crippen molar-refractivity contribution >= 4 is 23.1 Å². The van der Waals surface area contributed by atoms with Crippen molar-refractivity contribution in [3.05, 3.63) is 16.6 Å². The second-order valence-electron chi connectivity index (χ2n) is 2.70. The van der Waals surface area contributed by atoms with Crippen LogP contribution in [0.4, 0.5) is 0 Å². The van der Waals surface area contributed by atoms with Crippen molar-refractivity contribution in [2.24, 2.45) is 0 Å². The molecule has 0 spiro atoms. The maximum Gasteiger partial charge on any atom is 0.109 e. The Morgan fingerprint density at radius 1 is 1.69 bits per heavy atom. The van der Waals surface area contributed by atoms with Gasteiger partial charge in [0.05, 0.1) is 6.04 Å². The Hall–Kier alpha value is -0.0600. The Labute approximate surface area is 88.2 Å². The molecular weight excluding hydrogens is 200 g/mol. The van der Waals surface area contributed by atoms with E-state index in [9.17, 15) is 0 Å². The van der Waals surface area contributed by atoms with Gasteiger partial charge in [-0.05, 0) is 25.0 Å². The smallest absolute Gasteiger partial charge is 0.109 e. The van der Waals surface area contributed by atoms with Crippen molar-refractivity contribution in [2.45, 2.75) is 19.4 Å². The van der Waals surface area contributed by atoms with Gasteiger partial charge in [0.25, 0.3) is 0 Å². The predicted octanol–water partition coefficient (Wildman–Crippen LogP) is 2.55. The third-order valence-corrected chi connectivity index (χ3v) is 3.67. The molecular formula is C9H16N2S2. The zero-order valence-corrected chi connectivity index (χ0v) is 9.75. The van der Waals surface area contributed by atoms with Crippen LogP contribution < -0.4 is 5.32 Å². The highest BCUT2D eigenvalue weighted by Gasteiger charge is 2.10. The molecule has 0 aliphatic rings. The van der Waals surface area contributed by atoms with Crippen molar-refractivity contribution in [1.29, 1.82) is 0 Å². The van der Waals surface area contributed by atoms with Gasteiger partial charge >= 0.3 is 0 Å². The van der Waals surface area contributed by atoms with E-state index in [0.29, 0.717) is 6.04 Å². The lowest BCUT2D eigenvalue weighted by Gasteiger charge is -2.12. The zero-order valence-electron chi connectivity index (χ0n) is 8.12. The number of hydrogen-bond acceptors (Lipinski definition) is 4. The highest BCUT2D eigenvalue weighted by Crippen LogP contribution is 2.20. The van der Waals surface area contributed by atoms with E-state index in [1.807, 2.05) is 30.4 Å². The first-order chi connectivity index (χ1) is 6.38. The van der Waals surface area contributed by atoms with E-state index in [-0.39, 0.29) is 0 Å². The summed E-state index contributed by atoms with van der Waals surface area (Å²) in [5.41, 5.74) is 0. The molecule has 1 aromatic rings. The van der Waals surface area contributed by atoms with Gasteiger partial charge in [0.2, 0.25) is 0 Å². The maximum absolute atomic E-state index is 4.31. The molecule has 1 unspecified atom stereocenters. The number of thiazole rings is 1. The molecule has 0 amide bonds. The molecule has 2 nitrogen and oxygen atoms in total. The fourth-order valence-electron chi connectivity index (χ4n) is 1.14. The standard InChI is InChI=1S/C9H16N2S2/c1-3-12-6-4-8(10-2)9-11-5-7-13-9/h5,7-8,10H,3-4,6H2,1-2H3. The molecule has 0 aliphatic carbocycles. The molecule has 1 atom stereocenters. The summed E-state index contributed by atoms with van der Waals surface area (Å²) >= 11 is 3.72. The molecule has 0 radical (unpaired) electrons. The van der Waals surface area contributed by atoms with Crippen LogP contribution in [0.15, 0.2) is 11.6 Å². The largest absolute Gasteiger partial charge is 0.311 e. The van der Waals surface area contributed by atoms with E-state index < -0.39 is 0 Å². The van der Waals surface area contributed by atoms with Gasteiger partial charge in [-0.1, -0.05) is 6.92 Å². The summed E-state index contributed by atoms with van der Waals surface area (Å²) in [5, 5.41) is 6.54. The van der Waals surface area contributed by atoms with Crippen LogP contribution in [0.25, 0.3) is 0 Å². The molecule has 0 saturated heterocycles. The molecule has 0 bridgehead atoms. The van der Waals surface area contributed by atoms with Gasteiger partial charge in [-0.15, -0.1) is 11.3 Å². The lowest BCUT2D eigenvalue weighted by molar-refractivity contribution is 0.578. The van der Waals surface area contributed by atoms with Crippen LogP contribution in [0.3, 0.4) is 0 Å². The van der Waals surface area contributed by atoms with Crippen LogP contribution in [0.5, 0.6) is 0 Å². The Morgan fingerprint density at radius 3 is 3.08 bits per heavy atom. The van der Waals surface area contributed by atoms with Gasteiger partial charge in [-0.2, -0.15) is 11.8 Å². The zero-order chi connectivity index (χ0) is 9.52. The summed E-state index contributed by atoms with van der Waals surface area (Å²) in [6.07, 6.45) is 3.04. The summed E-state index contributed by atoms with van der Waals surface area (Å²) < 4.78 is 0. The van der Waals surface area contributed by atoms with Crippen molar-refractivity contribution in [2.75, 3.05) is 18.6 Å². The van der Waals surface area contributed by atoms with Gasteiger partial charge < -0.3 is 5.32 Å². The average Bonchev–Trinajstić information content (AvgIpc) is 2.65. The summed E-state index contributed by atoms with van der Waals surface area (Å²) in [5.74, 6) is 2.41. The van der Waals surface area contributed by atoms with Crippen LogP contribution in [0.1, 0.15) is 24.4 Å². The van der Waals surface area contributed by atoms with Gasteiger partial charge in [0.1, 0.15) is 5.01 Å². The third-order valence-electron chi connectivity index (χ3n) is 1.85. The second-order valence-corrected chi connectivity index (χ2v) is 5.02. The minimum atomic E-state index is 0.444. The molecule has 0 fully saturated rings. The molecule has 1 N–H and O–H groups in total. The van der Waals surface area contributed by atoms with E-state index in [2.05, 4.69) is 17.2 Å². The molecule has 0 aromatic carbocycles. The fraction of sp³-hybridized carbons (Fsp3) is 0.667. The first kappa shape index (κ1) is 11.0. The normalized spacial score (nSPS) is 13.1. The summed E-state index contributed by atoms with van der Waals surface area (Å²) in [7, 11) is 2.00. The highest BCUT2D eigenvalue weighted by molar-refractivity contribution is 7.99. The molecule has 0 aliphatic heterocycles. The molecule has 0 saturated carbocycles. The number of aromatic nitrogens is 1. The summed E-state index contributed by atoms with van der Waals surface area (Å²) in [6.45, 7) is 2.20. The maximum atomic E-state index is 4.31. The van der Waals surface area contributed by atoms with Crippen LogP contribution >= 0.6 is 23.1 Å². The average molecular weight is 216 g/mol. The van der Waals surface area contributed by atoms with Crippen molar-refractivity contribution in [1.82, 2.24) is 10.3 Å². The van der Waals surface area contributed by atoms with E-state index in [4.69, 9.17) is 0 Å². The van der Waals surface area contributed by atoms with Crippen molar-refractivity contribution < 1.29 is 0 Å². The topological polar surface area (TPSA) is 24.9 Å². The number of thioether (sulfide) groups is 1. The van der Waals surface area contributed by atoms with Crippen molar-refractivity contribution in [3.8, 4) is 0 Å². The van der Waals surface area contributed by atoms with Gasteiger partial charge in [-0.3, -0.25) is 0 Å². The fourth-order valence-corrected chi connectivity index (χ4v) is 2.62. The van der Waals surface area contributed by atoms with E-state index in [1.54, 1.807) is 11.3 Å². The van der Waals surface area contributed by atoms with E-state index in [1.165, 1.54) is 22.9 Å². The Kier molecular flexibility index (Phi) is 5.43. The molecule has 74 valence electrons. The highest BCUT2D eigenvalue weighted by atomic mass is 32.2. The Balaban J connectivity index is 2.35. The van der Waals surface area contributed by atoms with Gasteiger partial charge in [0, 0.05) is 11.6 Å². The van der Waals surface area contributed by atoms with E-state index in [0.717, 1.165) is 0 Å². The SMILES string of the molecule is CCSCCC(NC)c1nccs1. The Morgan fingerprint density at radius 2 is 2.54 bits per heavy atom. The first-order valence-electron chi connectivity index (χ1n) is 4.53. The van der Waals surface area contributed by atoms with Crippen LogP contribution in [-0.4, -0.2) is 23.5 Å². The number of hydrogen-bond donors (Lipinski definition) is 1. The van der Waals surface area contributed by atoms with Crippen molar-refractivity contribution in [3.63, 3.8) is 0 Å². The molecule has 13 heavy (non-hydrogen) atoms. The van der Waals surface area contributed by atoms with Gasteiger partial charge in [-0.25, -0.2) is 4.98 Å². The molecule has 1 heterocycles. The first-order valence-corrected chi connectivity index (χ1v) is 6.56. The molecule has 1 rings (SSSR count). The minimum Gasteiger partial charge on any atom is -0.311 e. The number of nitrogens with zero attached hydrogens (tertiary/aromatic N) is 1. The van der Waals surface area contributed by atoms with Crippen LogP contribution in [0, 0.1) is 0 Å². The quantitative estimate of drug-likeness (QED) is 0.740. The monoisotopic (exact) mass is 216 g/mol. The lowest BCUT2D eigenvalue weighted by atomic mass is 10.2.